The zero-order chi connectivity index (χ0) is 28.6. The Morgan fingerprint density at radius 2 is 0.953 bits per heavy atom. The lowest BCUT2D eigenvalue weighted by Crippen LogP contribution is -1.85. The summed E-state index contributed by atoms with van der Waals surface area (Å²) in [4.78, 5) is 9.04. The Hall–Kier alpha value is -5.80. The molecule has 3 aromatic heterocycles. The molecule has 8 aromatic rings. The summed E-state index contributed by atoms with van der Waals surface area (Å²) in [6.07, 6.45) is 3.66. The van der Waals surface area contributed by atoms with Crippen molar-refractivity contribution in [1.29, 1.82) is 0 Å². The van der Waals surface area contributed by atoms with E-state index in [1.807, 2.05) is 48.8 Å². The highest BCUT2D eigenvalue weighted by molar-refractivity contribution is 6.13. The minimum absolute atomic E-state index is 0.883. The van der Waals surface area contributed by atoms with Gasteiger partial charge in [0.25, 0.3) is 0 Å². The average Bonchev–Trinajstić information content (AvgIpc) is 3.47. The average molecular weight is 551 g/mol. The summed E-state index contributed by atoms with van der Waals surface area (Å²) in [6.45, 7) is 0. The highest BCUT2D eigenvalue weighted by atomic mass is 16.3. The van der Waals surface area contributed by atoms with Crippen LogP contribution in [0.5, 0.6) is 0 Å². The lowest BCUT2D eigenvalue weighted by atomic mass is 9.95. The van der Waals surface area contributed by atoms with Gasteiger partial charge in [0.2, 0.25) is 0 Å². The summed E-state index contributed by atoms with van der Waals surface area (Å²) >= 11 is 0. The molecule has 3 nitrogen and oxygen atoms in total. The van der Waals surface area contributed by atoms with Crippen molar-refractivity contribution in [3.8, 4) is 55.9 Å². The molecule has 3 heteroatoms. The van der Waals surface area contributed by atoms with Crippen molar-refractivity contribution < 1.29 is 4.42 Å². The van der Waals surface area contributed by atoms with E-state index >= 15 is 0 Å². The maximum atomic E-state index is 6.34. The summed E-state index contributed by atoms with van der Waals surface area (Å²) in [5.74, 6) is 0. The van der Waals surface area contributed by atoms with Crippen molar-refractivity contribution in [2.24, 2.45) is 0 Å². The molecule has 5 aromatic carbocycles. The molecule has 0 fully saturated rings. The minimum atomic E-state index is 0.883. The van der Waals surface area contributed by atoms with Crippen LogP contribution in [0.1, 0.15) is 0 Å². The smallest absolute Gasteiger partial charge is 0.136 e. The molecule has 0 saturated heterocycles. The summed E-state index contributed by atoms with van der Waals surface area (Å²) in [5.41, 5.74) is 12.9. The van der Waals surface area contributed by atoms with E-state index in [2.05, 4.69) is 119 Å². The first kappa shape index (κ1) is 25.0. The van der Waals surface area contributed by atoms with Crippen molar-refractivity contribution in [2.45, 2.75) is 0 Å². The van der Waals surface area contributed by atoms with Gasteiger partial charge in [-0.2, -0.15) is 0 Å². The zero-order valence-corrected chi connectivity index (χ0v) is 23.3. The second kappa shape index (κ2) is 10.6. The molecule has 8 rings (SSSR count). The standard InChI is InChI=1S/C40H26N2O/c1-3-22-41-36(13-1)28-18-16-27(17-19-28)29-8-5-9-30(24-29)31-20-21-38-35(26-31)40-34(12-7-15-39(40)43-38)32-10-6-11-33(25-32)37-14-2-4-23-42-37/h1-26H. The van der Waals surface area contributed by atoms with Gasteiger partial charge in [-0.1, -0.05) is 91.0 Å². The van der Waals surface area contributed by atoms with Gasteiger partial charge in [0.15, 0.2) is 0 Å². The number of pyridine rings is 2. The molecular formula is C40H26N2O. The molecule has 0 atom stereocenters. The van der Waals surface area contributed by atoms with Crippen molar-refractivity contribution in [1.82, 2.24) is 9.97 Å². The maximum Gasteiger partial charge on any atom is 0.136 e. The summed E-state index contributed by atoms with van der Waals surface area (Å²) < 4.78 is 6.34. The Morgan fingerprint density at radius 3 is 1.70 bits per heavy atom. The predicted octanol–water partition coefficient (Wildman–Crippen LogP) is 10.7. The van der Waals surface area contributed by atoms with E-state index in [1.165, 1.54) is 11.1 Å². The monoisotopic (exact) mass is 550 g/mol. The molecule has 0 amide bonds. The molecule has 0 bridgehead atoms. The molecule has 0 saturated carbocycles. The number of hydrogen-bond donors (Lipinski definition) is 0. The van der Waals surface area contributed by atoms with Crippen LogP contribution in [0.15, 0.2) is 162 Å². The number of hydrogen-bond acceptors (Lipinski definition) is 3. The Balaban J connectivity index is 1.19. The lowest BCUT2D eigenvalue weighted by Gasteiger charge is -2.09. The van der Waals surface area contributed by atoms with Gasteiger partial charge in [-0.05, 0) is 88.0 Å². The molecule has 202 valence electrons. The summed E-state index contributed by atoms with van der Waals surface area (Å²) in [6, 6.07) is 50.7. The molecule has 0 radical (unpaired) electrons. The number of rotatable bonds is 5. The second-order valence-corrected chi connectivity index (χ2v) is 10.7. The predicted molar refractivity (Wildman–Crippen MR) is 176 cm³/mol. The summed E-state index contributed by atoms with van der Waals surface area (Å²) in [7, 11) is 0. The molecule has 0 aliphatic carbocycles. The van der Waals surface area contributed by atoms with Crippen molar-refractivity contribution in [2.75, 3.05) is 0 Å². The van der Waals surface area contributed by atoms with E-state index in [1.54, 1.807) is 0 Å². The van der Waals surface area contributed by atoms with Gasteiger partial charge < -0.3 is 4.42 Å². The van der Waals surface area contributed by atoms with Gasteiger partial charge in [-0.15, -0.1) is 0 Å². The van der Waals surface area contributed by atoms with Crippen molar-refractivity contribution in [3.05, 3.63) is 158 Å². The fraction of sp³-hybridized carbons (Fsp3) is 0. The van der Waals surface area contributed by atoms with Crippen molar-refractivity contribution in [3.63, 3.8) is 0 Å². The van der Waals surface area contributed by atoms with E-state index in [0.29, 0.717) is 0 Å². The summed E-state index contributed by atoms with van der Waals surface area (Å²) in [5, 5.41) is 2.23. The molecule has 0 N–H and O–H groups in total. The number of furan rings is 1. The van der Waals surface area contributed by atoms with Crippen LogP contribution in [0.2, 0.25) is 0 Å². The zero-order valence-electron chi connectivity index (χ0n) is 23.3. The Labute approximate surface area is 249 Å². The highest BCUT2D eigenvalue weighted by Gasteiger charge is 2.14. The molecule has 3 heterocycles. The quantitative estimate of drug-likeness (QED) is 0.214. The SMILES string of the molecule is c1ccc(-c2ccc(-c3cccc(-c4ccc5oc6cccc(-c7cccc(-c8ccccn8)c7)c6c5c4)c3)cc2)nc1. The van der Waals surface area contributed by atoms with Gasteiger partial charge in [0, 0.05) is 34.3 Å². The van der Waals surface area contributed by atoms with Crippen LogP contribution in [0.25, 0.3) is 77.8 Å². The molecule has 43 heavy (non-hydrogen) atoms. The Kier molecular flexibility index (Phi) is 6.12. The second-order valence-electron chi connectivity index (χ2n) is 10.7. The number of nitrogens with zero attached hydrogens (tertiary/aromatic N) is 2. The van der Waals surface area contributed by atoms with E-state index in [4.69, 9.17) is 4.42 Å². The van der Waals surface area contributed by atoms with Gasteiger partial charge >= 0.3 is 0 Å². The van der Waals surface area contributed by atoms with Crippen LogP contribution in [0, 0.1) is 0 Å². The molecule has 0 spiro atoms. The third-order valence-electron chi connectivity index (χ3n) is 8.00. The van der Waals surface area contributed by atoms with Crippen LogP contribution >= 0.6 is 0 Å². The number of aromatic nitrogens is 2. The van der Waals surface area contributed by atoms with E-state index in [-0.39, 0.29) is 0 Å². The molecule has 0 aliphatic heterocycles. The van der Waals surface area contributed by atoms with Crippen LogP contribution < -0.4 is 0 Å². The lowest BCUT2D eigenvalue weighted by molar-refractivity contribution is 0.669. The fourth-order valence-electron chi connectivity index (χ4n) is 5.87. The van der Waals surface area contributed by atoms with E-state index in [9.17, 15) is 0 Å². The highest BCUT2D eigenvalue weighted by Crippen LogP contribution is 2.39. The van der Waals surface area contributed by atoms with E-state index < -0.39 is 0 Å². The third kappa shape index (κ3) is 4.67. The van der Waals surface area contributed by atoms with Gasteiger partial charge in [0.05, 0.1) is 11.4 Å². The minimum Gasteiger partial charge on any atom is -0.456 e. The van der Waals surface area contributed by atoms with Gasteiger partial charge in [0.1, 0.15) is 11.2 Å². The number of fused-ring (bicyclic) bond motifs is 3. The normalized spacial score (nSPS) is 11.3. The van der Waals surface area contributed by atoms with Crippen molar-refractivity contribution >= 4 is 21.9 Å². The molecular weight excluding hydrogens is 524 g/mol. The fourth-order valence-corrected chi connectivity index (χ4v) is 5.87. The van der Waals surface area contributed by atoms with Crippen LogP contribution in [0.4, 0.5) is 0 Å². The Bertz CT molecular complexity index is 2220. The maximum absolute atomic E-state index is 6.34. The topological polar surface area (TPSA) is 38.9 Å². The van der Waals surface area contributed by atoms with Gasteiger partial charge in [-0.25, -0.2) is 0 Å². The molecule has 0 unspecified atom stereocenters. The van der Waals surface area contributed by atoms with Crippen LogP contribution in [-0.2, 0) is 0 Å². The Morgan fingerprint density at radius 1 is 0.372 bits per heavy atom. The first-order valence-corrected chi connectivity index (χ1v) is 14.4. The largest absolute Gasteiger partial charge is 0.456 e. The van der Waals surface area contributed by atoms with Crippen LogP contribution in [0.3, 0.4) is 0 Å². The first-order valence-electron chi connectivity index (χ1n) is 14.4. The van der Waals surface area contributed by atoms with E-state index in [0.717, 1.165) is 66.7 Å². The van der Waals surface area contributed by atoms with Crippen LogP contribution in [-0.4, -0.2) is 9.97 Å². The first-order chi connectivity index (χ1) is 21.3. The number of benzene rings is 5. The van der Waals surface area contributed by atoms with Gasteiger partial charge in [-0.3, -0.25) is 9.97 Å². The molecule has 0 aliphatic rings. The third-order valence-corrected chi connectivity index (χ3v) is 8.00.